The Kier molecular flexibility index (Phi) is 3.71. The second-order valence-electron chi connectivity index (χ2n) is 5.83. The Morgan fingerprint density at radius 2 is 2.06 bits per heavy atom. The maximum Gasteiger partial charge on any atom is 0.137 e. The van der Waals surface area contributed by atoms with Crippen LogP contribution in [0.5, 0.6) is 0 Å². The van der Waals surface area contributed by atoms with E-state index in [0.29, 0.717) is 0 Å². The third-order valence-corrected chi connectivity index (χ3v) is 3.57. The fraction of sp³-hybridized carbons (Fsp3) is 0.692. The minimum absolute atomic E-state index is 0.0172. The minimum Gasteiger partial charge on any atom is -0.370 e. The van der Waals surface area contributed by atoms with E-state index >= 15 is 0 Å². The summed E-state index contributed by atoms with van der Waals surface area (Å²) in [6.07, 6.45) is 4.09. The average molecular weight is 298 g/mol. The van der Waals surface area contributed by atoms with Crippen molar-refractivity contribution >= 4 is 21.7 Å². The van der Waals surface area contributed by atoms with E-state index in [1.165, 1.54) is 19.3 Å². The van der Waals surface area contributed by atoms with Crippen LogP contribution in [0.25, 0.3) is 0 Å². The molecule has 3 nitrogen and oxygen atoms in total. The van der Waals surface area contributed by atoms with Crippen LogP contribution in [-0.2, 0) is 5.41 Å². The van der Waals surface area contributed by atoms with Gasteiger partial charge in [0.25, 0.3) is 0 Å². The Labute approximate surface area is 112 Å². The first kappa shape index (κ1) is 12.8. The van der Waals surface area contributed by atoms with Crippen LogP contribution in [0.4, 0.5) is 5.82 Å². The predicted octanol–water partition coefficient (Wildman–Crippen LogP) is 3.75. The molecule has 1 saturated carbocycles. The highest BCUT2D eigenvalue weighted by atomic mass is 79.9. The van der Waals surface area contributed by atoms with Crippen molar-refractivity contribution in [2.45, 2.75) is 45.4 Å². The van der Waals surface area contributed by atoms with Gasteiger partial charge in [0, 0.05) is 18.0 Å². The van der Waals surface area contributed by atoms with E-state index in [1.807, 2.05) is 6.07 Å². The summed E-state index contributed by atoms with van der Waals surface area (Å²) in [5.74, 6) is 2.65. The van der Waals surface area contributed by atoms with Gasteiger partial charge in [-0.3, -0.25) is 0 Å². The van der Waals surface area contributed by atoms with Crippen molar-refractivity contribution in [3.8, 4) is 0 Å². The predicted molar refractivity (Wildman–Crippen MR) is 74.3 cm³/mol. The lowest BCUT2D eigenvalue weighted by molar-refractivity contribution is 0.333. The Morgan fingerprint density at radius 3 is 2.59 bits per heavy atom. The summed E-state index contributed by atoms with van der Waals surface area (Å²) >= 11 is 3.45. The van der Waals surface area contributed by atoms with Gasteiger partial charge in [-0.2, -0.15) is 0 Å². The van der Waals surface area contributed by atoms with E-state index in [1.54, 1.807) is 0 Å². The Bertz CT molecular complexity index is 394. The second-order valence-corrected chi connectivity index (χ2v) is 6.64. The molecule has 1 N–H and O–H groups in total. The molecule has 1 aliphatic carbocycles. The zero-order valence-electron chi connectivity index (χ0n) is 10.8. The third kappa shape index (κ3) is 3.41. The molecule has 0 spiro atoms. The van der Waals surface area contributed by atoms with E-state index in [2.05, 4.69) is 52.0 Å². The SMILES string of the molecule is CC(C)(C)c1nc(Br)cc(NCC2CCC2)n1. The molecule has 1 aromatic heterocycles. The van der Waals surface area contributed by atoms with E-state index in [4.69, 9.17) is 0 Å². The largest absolute Gasteiger partial charge is 0.370 e. The Balaban J connectivity index is 2.08. The van der Waals surface area contributed by atoms with Gasteiger partial charge in [-0.15, -0.1) is 0 Å². The first-order chi connectivity index (χ1) is 7.95. The number of hydrogen-bond donors (Lipinski definition) is 1. The molecule has 2 rings (SSSR count). The second kappa shape index (κ2) is 4.92. The summed E-state index contributed by atoms with van der Waals surface area (Å²) < 4.78 is 0.855. The fourth-order valence-corrected chi connectivity index (χ4v) is 2.17. The number of nitrogens with zero attached hydrogens (tertiary/aromatic N) is 2. The quantitative estimate of drug-likeness (QED) is 0.864. The van der Waals surface area contributed by atoms with Gasteiger partial charge >= 0.3 is 0 Å². The summed E-state index contributed by atoms with van der Waals surface area (Å²) in [5.41, 5.74) is -0.0172. The van der Waals surface area contributed by atoms with Crippen LogP contribution < -0.4 is 5.32 Å². The van der Waals surface area contributed by atoms with Crippen molar-refractivity contribution in [3.05, 3.63) is 16.5 Å². The summed E-state index contributed by atoms with van der Waals surface area (Å²) in [6.45, 7) is 7.42. The number of rotatable bonds is 3. The number of anilines is 1. The van der Waals surface area contributed by atoms with Gasteiger partial charge in [0.1, 0.15) is 16.2 Å². The first-order valence-electron chi connectivity index (χ1n) is 6.24. The van der Waals surface area contributed by atoms with Crippen LogP contribution in [0.2, 0.25) is 0 Å². The van der Waals surface area contributed by atoms with Crippen LogP contribution in [-0.4, -0.2) is 16.5 Å². The highest BCUT2D eigenvalue weighted by molar-refractivity contribution is 9.10. The van der Waals surface area contributed by atoms with Crippen molar-refractivity contribution in [1.29, 1.82) is 0 Å². The van der Waals surface area contributed by atoms with Gasteiger partial charge in [0.05, 0.1) is 0 Å². The lowest BCUT2D eigenvalue weighted by Crippen LogP contribution is -2.22. The molecule has 0 atom stereocenters. The molecule has 4 heteroatoms. The molecule has 0 unspecified atom stereocenters. The van der Waals surface area contributed by atoms with Crippen LogP contribution >= 0.6 is 15.9 Å². The molecule has 0 aliphatic heterocycles. The summed E-state index contributed by atoms with van der Waals surface area (Å²) in [4.78, 5) is 9.01. The molecule has 0 radical (unpaired) electrons. The molecule has 0 aromatic carbocycles. The van der Waals surface area contributed by atoms with Gasteiger partial charge in [0.15, 0.2) is 0 Å². The molecule has 94 valence electrons. The molecule has 0 amide bonds. The van der Waals surface area contributed by atoms with Crippen molar-refractivity contribution in [2.75, 3.05) is 11.9 Å². The van der Waals surface area contributed by atoms with E-state index < -0.39 is 0 Å². The Morgan fingerprint density at radius 1 is 1.35 bits per heavy atom. The van der Waals surface area contributed by atoms with Crippen molar-refractivity contribution in [1.82, 2.24) is 9.97 Å². The van der Waals surface area contributed by atoms with Crippen LogP contribution in [0, 0.1) is 5.92 Å². The summed E-state index contributed by atoms with van der Waals surface area (Å²) in [7, 11) is 0. The summed E-state index contributed by atoms with van der Waals surface area (Å²) in [6, 6.07) is 1.95. The lowest BCUT2D eigenvalue weighted by atomic mass is 9.85. The first-order valence-corrected chi connectivity index (χ1v) is 7.03. The zero-order valence-corrected chi connectivity index (χ0v) is 12.3. The van der Waals surface area contributed by atoms with Crippen molar-refractivity contribution < 1.29 is 0 Å². The molecular formula is C13H20BrN3. The zero-order chi connectivity index (χ0) is 12.5. The normalized spacial score (nSPS) is 16.7. The van der Waals surface area contributed by atoms with E-state index in [0.717, 1.165) is 28.7 Å². The molecule has 17 heavy (non-hydrogen) atoms. The maximum atomic E-state index is 4.58. The number of hydrogen-bond acceptors (Lipinski definition) is 3. The standard InChI is InChI=1S/C13H20BrN3/c1-13(2,3)12-16-10(14)7-11(17-12)15-8-9-5-4-6-9/h7,9H,4-6,8H2,1-3H3,(H,15,16,17). The van der Waals surface area contributed by atoms with Crippen LogP contribution in [0.3, 0.4) is 0 Å². The minimum atomic E-state index is -0.0172. The van der Waals surface area contributed by atoms with Crippen LogP contribution in [0.1, 0.15) is 45.9 Å². The monoisotopic (exact) mass is 297 g/mol. The molecule has 1 fully saturated rings. The molecule has 0 bridgehead atoms. The number of aromatic nitrogens is 2. The maximum absolute atomic E-state index is 4.58. The lowest BCUT2D eigenvalue weighted by Gasteiger charge is -2.26. The fourth-order valence-electron chi connectivity index (χ4n) is 1.79. The van der Waals surface area contributed by atoms with Gasteiger partial charge in [-0.1, -0.05) is 27.2 Å². The van der Waals surface area contributed by atoms with Crippen LogP contribution in [0.15, 0.2) is 10.7 Å². The average Bonchev–Trinajstić information content (AvgIpc) is 2.13. The molecule has 0 saturated heterocycles. The smallest absolute Gasteiger partial charge is 0.137 e. The number of halogens is 1. The molecule has 1 aromatic rings. The Hall–Kier alpha value is -0.640. The third-order valence-electron chi connectivity index (χ3n) is 3.16. The van der Waals surface area contributed by atoms with Gasteiger partial charge in [-0.25, -0.2) is 9.97 Å². The highest BCUT2D eigenvalue weighted by Crippen LogP contribution is 2.27. The van der Waals surface area contributed by atoms with E-state index in [-0.39, 0.29) is 5.41 Å². The topological polar surface area (TPSA) is 37.8 Å². The van der Waals surface area contributed by atoms with Gasteiger partial charge < -0.3 is 5.32 Å². The van der Waals surface area contributed by atoms with Crippen molar-refractivity contribution in [2.24, 2.45) is 5.92 Å². The molecular weight excluding hydrogens is 278 g/mol. The van der Waals surface area contributed by atoms with E-state index in [9.17, 15) is 0 Å². The van der Waals surface area contributed by atoms with Crippen molar-refractivity contribution in [3.63, 3.8) is 0 Å². The van der Waals surface area contributed by atoms with Gasteiger partial charge in [0.2, 0.25) is 0 Å². The van der Waals surface area contributed by atoms with Gasteiger partial charge in [-0.05, 0) is 34.7 Å². The molecule has 1 aliphatic rings. The highest BCUT2D eigenvalue weighted by Gasteiger charge is 2.20. The number of nitrogens with one attached hydrogen (secondary N) is 1. The summed E-state index contributed by atoms with van der Waals surface area (Å²) in [5, 5.41) is 3.42. The molecule has 1 heterocycles.